The Balaban J connectivity index is 1.53. The first kappa shape index (κ1) is 17.6. The molecule has 1 saturated carbocycles. The fourth-order valence-corrected chi connectivity index (χ4v) is 4.49. The molecule has 2 aromatic rings. The summed E-state index contributed by atoms with van der Waals surface area (Å²) in [6.45, 7) is 3.32. The van der Waals surface area contributed by atoms with E-state index in [1.807, 2.05) is 30.5 Å². The van der Waals surface area contributed by atoms with Gasteiger partial charge in [-0.3, -0.25) is 14.9 Å². The van der Waals surface area contributed by atoms with Gasteiger partial charge < -0.3 is 15.2 Å². The summed E-state index contributed by atoms with van der Waals surface area (Å²) in [5, 5.41) is 9.04. The number of amides is 4. The van der Waals surface area contributed by atoms with Gasteiger partial charge in [-0.05, 0) is 25.3 Å². The van der Waals surface area contributed by atoms with E-state index in [2.05, 4.69) is 27.4 Å². The van der Waals surface area contributed by atoms with Crippen LogP contribution in [-0.2, 0) is 11.3 Å². The molecule has 7 heteroatoms. The monoisotopic (exact) mass is 368 g/mol. The highest BCUT2D eigenvalue weighted by Crippen LogP contribution is 2.37. The van der Waals surface area contributed by atoms with Crippen LogP contribution in [0, 0.1) is 5.92 Å². The summed E-state index contributed by atoms with van der Waals surface area (Å²) in [5.41, 5.74) is 0.816. The smallest absolute Gasteiger partial charge is 0.322 e. The maximum atomic E-state index is 12.9. The van der Waals surface area contributed by atoms with Crippen molar-refractivity contribution in [1.82, 2.24) is 20.5 Å². The van der Waals surface area contributed by atoms with Gasteiger partial charge in [-0.15, -0.1) is 0 Å². The molecule has 1 saturated heterocycles. The van der Waals surface area contributed by atoms with Crippen LogP contribution < -0.4 is 16.0 Å². The molecule has 1 aromatic heterocycles. The lowest BCUT2D eigenvalue weighted by Crippen LogP contribution is -2.53. The van der Waals surface area contributed by atoms with Crippen LogP contribution in [0.5, 0.6) is 0 Å². The van der Waals surface area contributed by atoms with Gasteiger partial charge in [0, 0.05) is 36.1 Å². The number of nitrogens with zero attached hydrogens (tertiary/aromatic N) is 1. The molecule has 0 unspecified atom stereocenters. The van der Waals surface area contributed by atoms with Crippen LogP contribution in [0.4, 0.5) is 4.79 Å². The first-order chi connectivity index (χ1) is 13.0. The van der Waals surface area contributed by atoms with E-state index < -0.39 is 11.6 Å². The van der Waals surface area contributed by atoms with Gasteiger partial charge in [-0.25, -0.2) is 4.79 Å². The second kappa shape index (κ2) is 6.72. The number of para-hydroxylation sites is 1. The van der Waals surface area contributed by atoms with E-state index in [0.29, 0.717) is 18.5 Å². The molecule has 2 heterocycles. The van der Waals surface area contributed by atoms with Crippen LogP contribution in [-0.4, -0.2) is 34.5 Å². The molecule has 4 rings (SSSR count). The van der Waals surface area contributed by atoms with E-state index >= 15 is 0 Å². The average Bonchev–Trinajstić information content (AvgIpc) is 3.31. The second-order valence-electron chi connectivity index (χ2n) is 7.43. The van der Waals surface area contributed by atoms with Gasteiger partial charge in [-0.1, -0.05) is 31.5 Å². The second-order valence-corrected chi connectivity index (χ2v) is 7.43. The van der Waals surface area contributed by atoms with Crippen LogP contribution in [0.3, 0.4) is 0 Å². The van der Waals surface area contributed by atoms with Crippen molar-refractivity contribution in [3.63, 3.8) is 0 Å². The van der Waals surface area contributed by atoms with Crippen LogP contribution in [0.25, 0.3) is 10.9 Å². The normalized spacial score (nSPS) is 24.4. The van der Waals surface area contributed by atoms with E-state index in [0.717, 1.165) is 36.7 Å². The SMILES string of the molecule is CCCn1cc(C(=O)NC[C@H]2CCC[C@]23NC(=O)NC3=O)c2ccccc21. The Morgan fingerprint density at radius 2 is 2.15 bits per heavy atom. The number of urea groups is 1. The maximum absolute atomic E-state index is 12.9. The third-order valence-electron chi connectivity index (χ3n) is 5.80. The van der Waals surface area contributed by atoms with Crippen LogP contribution in [0.1, 0.15) is 43.0 Å². The molecule has 4 amide bonds. The summed E-state index contributed by atoms with van der Waals surface area (Å²) >= 11 is 0. The van der Waals surface area contributed by atoms with E-state index in [1.165, 1.54) is 0 Å². The largest absolute Gasteiger partial charge is 0.352 e. The van der Waals surface area contributed by atoms with Crippen molar-refractivity contribution in [1.29, 1.82) is 0 Å². The number of rotatable bonds is 5. The number of aryl methyl sites for hydroxylation is 1. The Labute approximate surface area is 157 Å². The van der Waals surface area contributed by atoms with Crippen LogP contribution in [0.2, 0.25) is 0 Å². The van der Waals surface area contributed by atoms with Crippen molar-refractivity contribution < 1.29 is 14.4 Å². The Morgan fingerprint density at radius 1 is 1.33 bits per heavy atom. The van der Waals surface area contributed by atoms with Crippen molar-refractivity contribution in [2.45, 2.75) is 44.7 Å². The summed E-state index contributed by atoms with van der Waals surface area (Å²) in [7, 11) is 0. The molecule has 7 nitrogen and oxygen atoms in total. The molecule has 2 atom stereocenters. The summed E-state index contributed by atoms with van der Waals surface area (Å²) in [4.78, 5) is 36.7. The number of carbonyl (C=O) groups excluding carboxylic acids is 3. The van der Waals surface area contributed by atoms with E-state index in [-0.39, 0.29) is 17.7 Å². The Morgan fingerprint density at radius 3 is 2.89 bits per heavy atom. The summed E-state index contributed by atoms with van der Waals surface area (Å²) in [6, 6.07) is 7.44. The standard InChI is InChI=1S/C20H24N4O3/c1-2-10-24-12-15(14-7-3-4-8-16(14)24)17(25)21-11-13-6-5-9-20(13)18(26)22-19(27)23-20/h3-4,7-8,12-13H,2,5-6,9-11H2,1H3,(H,21,25)(H2,22,23,26,27)/t13-,20+/m1/s1. The number of benzene rings is 1. The van der Waals surface area contributed by atoms with E-state index in [1.54, 1.807) is 0 Å². The third-order valence-corrected chi connectivity index (χ3v) is 5.80. The van der Waals surface area contributed by atoms with Crippen LogP contribution in [0.15, 0.2) is 30.5 Å². The number of hydrogen-bond donors (Lipinski definition) is 3. The molecule has 0 radical (unpaired) electrons. The third kappa shape index (κ3) is 2.87. The minimum atomic E-state index is -0.874. The van der Waals surface area contributed by atoms with Gasteiger partial charge >= 0.3 is 6.03 Å². The summed E-state index contributed by atoms with van der Waals surface area (Å²) in [5.74, 6) is -0.520. The molecule has 1 aliphatic heterocycles. The molecule has 1 spiro atoms. The average molecular weight is 368 g/mol. The lowest BCUT2D eigenvalue weighted by atomic mass is 9.87. The predicted molar refractivity (Wildman–Crippen MR) is 101 cm³/mol. The molecule has 142 valence electrons. The van der Waals surface area contributed by atoms with E-state index in [4.69, 9.17) is 0 Å². The highest BCUT2D eigenvalue weighted by atomic mass is 16.2. The molecule has 1 aliphatic carbocycles. The van der Waals surface area contributed by atoms with Crippen molar-refractivity contribution in [3.8, 4) is 0 Å². The number of nitrogens with one attached hydrogen (secondary N) is 3. The Bertz CT molecular complexity index is 919. The first-order valence-electron chi connectivity index (χ1n) is 9.55. The number of imide groups is 1. The fourth-order valence-electron chi connectivity index (χ4n) is 4.49. The van der Waals surface area contributed by atoms with Crippen molar-refractivity contribution in [2.24, 2.45) is 5.92 Å². The van der Waals surface area contributed by atoms with E-state index in [9.17, 15) is 14.4 Å². The molecule has 1 aromatic carbocycles. The number of fused-ring (bicyclic) bond motifs is 1. The number of hydrogen-bond acceptors (Lipinski definition) is 3. The van der Waals surface area contributed by atoms with Gasteiger partial charge in [0.1, 0.15) is 5.54 Å². The summed E-state index contributed by atoms with van der Waals surface area (Å²) < 4.78 is 2.10. The van der Waals surface area contributed by atoms with Gasteiger partial charge in [0.15, 0.2) is 0 Å². The fraction of sp³-hybridized carbons (Fsp3) is 0.450. The Kier molecular flexibility index (Phi) is 4.37. The van der Waals surface area contributed by atoms with Crippen LogP contribution >= 0.6 is 0 Å². The molecule has 2 aliphatic rings. The zero-order chi connectivity index (χ0) is 19.0. The maximum Gasteiger partial charge on any atom is 0.322 e. The zero-order valence-electron chi connectivity index (χ0n) is 15.4. The van der Waals surface area contributed by atoms with Gasteiger partial charge in [0.05, 0.1) is 5.56 Å². The highest BCUT2D eigenvalue weighted by Gasteiger charge is 2.54. The number of carbonyl (C=O) groups is 3. The van der Waals surface area contributed by atoms with Crippen molar-refractivity contribution in [3.05, 3.63) is 36.0 Å². The number of aromatic nitrogens is 1. The minimum Gasteiger partial charge on any atom is -0.352 e. The molecular formula is C20H24N4O3. The van der Waals surface area contributed by atoms with Gasteiger partial charge in [-0.2, -0.15) is 0 Å². The molecule has 0 bridgehead atoms. The predicted octanol–water partition coefficient (Wildman–Crippen LogP) is 2.16. The topological polar surface area (TPSA) is 92.2 Å². The minimum absolute atomic E-state index is 0.100. The molecule has 3 N–H and O–H groups in total. The zero-order valence-corrected chi connectivity index (χ0v) is 15.4. The highest BCUT2D eigenvalue weighted by molar-refractivity contribution is 6.08. The summed E-state index contributed by atoms with van der Waals surface area (Å²) in [6.07, 6.45) is 5.15. The van der Waals surface area contributed by atoms with Gasteiger partial charge in [0.25, 0.3) is 11.8 Å². The molecular weight excluding hydrogens is 344 g/mol. The van der Waals surface area contributed by atoms with Crippen molar-refractivity contribution in [2.75, 3.05) is 6.54 Å². The first-order valence-corrected chi connectivity index (χ1v) is 9.55. The lowest BCUT2D eigenvalue weighted by molar-refractivity contribution is -0.125. The van der Waals surface area contributed by atoms with Crippen molar-refractivity contribution >= 4 is 28.7 Å². The Hall–Kier alpha value is -2.83. The lowest BCUT2D eigenvalue weighted by Gasteiger charge is -2.28. The molecule has 2 fully saturated rings. The quantitative estimate of drug-likeness (QED) is 0.706. The molecule has 27 heavy (non-hydrogen) atoms. The van der Waals surface area contributed by atoms with Gasteiger partial charge in [0.2, 0.25) is 0 Å².